The standard InChI is InChI=1S/C19H16ClN5/c1-12-9-13(2)18(15(20)10-12)25-19-22-8-7-17(24-19)23-16-6-4-3-5-14(16)11-21/h3-10H,1-2H3,(H2,22,23,24,25). The van der Waals surface area contributed by atoms with E-state index in [2.05, 4.69) is 26.7 Å². The maximum atomic E-state index is 9.18. The average Bonchev–Trinajstić information content (AvgIpc) is 2.59. The number of para-hydroxylation sites is 1. The third-order valence-electron chi connectivity index (χ3n) is 3.63. The van der Waals surface area contributed by atoms with Gasteiger partial charge in [-0.25, -0.2) is 4.98 Å². The summed E-state index contributed by atoms with van der Waals surface area (Å²) in [5, 5.41) is 16.1. The molecule has 0 unspecified atom stereocenters. The van der Waals surface area contributed by atoms with Crippen LogP contribution >= 0.6 is 11.6 Å². The second-order valence-electron chi connectivity index (χ2n) is 5.61. The van der Waals surface area contributed by atoms with Gasteiger partial charge in [-0.15, -0.1) is 0 Å². The molecule has 0 spiro atoms. The van der Waals surface area contributed by atoms with Gasteiger partial charge in [-0.2, -0.15) is 10.2 Å². The highest BCUT2D eigenvalue weighted by molar-refractivity contribution is 6.33. The van der Waals surface area contributed by atoms with Gasteiger partial charge in [0.1, 0.15) is 11.9 Å². The van der Waals surface area contributed by atoms with Crippen LogP contribution in [0.15, 0.2) is 48.7 Å². The van der Waals surface area contributed by atoms with E-state index in [1.165, 1.54) is 0 Å². The summed E-state index contributed by atoms with van der Waals surface area (Å²) in [5.41, 5.74) is 4.13. The first-order valence-electron chi connectivity index (χ1n) is 7.70. The Labute approximate surface area is 151 Å². The summed E-state index contributed by atoms with van der Waals surface area (Å²) in [5.74, 6) is 1.01. The molecular weight excluding hydrogens is 334 g/mol. The molecule has 0 fully saturated rings. The van der Waals surface area contributed by atoms with Crippen molar-refractivity contribution in [3.63, 3.8) is 0 Å². The number of anilines is 4. The van der Waals surface area contributed by atoms with E-state index >= 15 is 0 Å². The first kappa shape index (κ1) is 16.7. The number of rotatable bonds is 4. The minimum Gasteiger partial charge on any atom is -0.339 e. The molecule has 0 bridgehead atoms. The number of hydrogen-bond acceptors (Lipinski definition) is 5. The van der Waals surface area contributed by atoms with E-state index < -0.39 is 0 Å². The zero-order valence-corrected chi connectivity index (χ0v) is 14.6. The van der Waals surface area contributed by atoms with E-state index in [1.54, 1.807) is 18.3 Å². The predicted octanol–water partition coefficient (Wildman–Crippen LogP) is 5.11. The van der Waals surface area contributed by atoms with Crippen molar-refractivity contribution in [2.45, 2.75) is 13.8 Å². The van der Waals surface area contributed by atoms with Crippen LogP contribution in [0.1, 0.15) is 16.7 Å². The lowest BCUT2D eigenvalue weighted by molar-refractivity contribution is 1.16. The number of nitriles is 1. The summed E-state index contributed by atoms with van der Waals surface area (Å²) in [6.45, 7) is 3.98. The second-order valence-corrected chi connectivity index (χ2v) is 6.02. The number of aryl methyl sites for hydroxylation is 2. The van der Waals surface area contributed by atoms with Crippen molar-refractivity contribution < 1.29 is 0 Å². The molecule has 0 saturated carbocycles. The Kier molecular flexibility index (Phi) is 4.82. The molecule has 124 valence electrons. The SMILES string of the molecule is Cc1cc(C)c(Nc2nccc(Nc3ccccc3C#N)n2)c(Cl)c1. The van der Waals surface area contributed by atoms with E-state index in [0.717, 1.165) is 16.8 Å². The fourth-order valence-electron chi connectivity index (χ4n) is 2.50. The molecule has 0 aliphatic heterocycles. The van der Waals surface area contributed by atoms with Crippen LogP contribution in [0.4, 0.5) is 23.1 Å². The third kappa shape index (κ3) is 3.87. The van der Waals surface area contributed by atoms with Gasteiger partial charge in [0, 0.05) is 6.20 Å². The molecule has 0 radical (unpaired) electrons. The van der Waals surface area contributed by atoms with E-state index in [-0.39, 0.29) is 0 Å². The summed E-state index contributed by atoms with van der Waals surface area (Å²) in [7, 11) is 0. The maximum absolute atomic E-state index is 9.18. The average molecular weight is 350 g/mol. The minimum absolute atomic E-state index is 0.424. The molecule has 3 aromatic rings. The zero-order chi connectivity index (χ0) is 17.8. The zero-order valence-electron chi connectivity index (χ0n) is 13.8. The molecule has 0 atom stereocenters. The largest absolute Gasteiger partial charge is 0.339 e. The van der Waals surface area contributed by atoms with Gasteiger partial charge in [0.25, 0.3) is 0 Å². The van der Waals surface area contributed by atoms with Crippen molar-refractivity contribution in [3.8, 4) is 6.07 Å². The van der Waals surface area contributed by atoms with Gasteiger partial charge in [-0.3, -0.25) is 0 Å². The topological polar surface area (TPSA) is 73.6 Å². The fourth-order valence-corrected chi connectivity index (χ4v) is 2.87. The Balaban J connectivity index is 1.87. The summed E-state index contributed by atoms with van der Waals surface area (Å²) in [4.78, 5) is 8.68. The quantitative estimate of drug-likeness (QED) is 0.685. The molecule has 0 aliphatic carbocycles. The molecule has 5 nitrogen and oxygen atoms in total. The molecule has 3 rings (SSSR count). The summed E-state index contributed by atoms with van der Waals surface area (Å²) in [6, 6.07) is 15.1. The van der Waals surface area contributed by atoms with Crippen molar-refractivity contribution in [1.82, 2.24) is 9.97 Å². The molecule has 6 heteroatoms. The number of nitrogens with zero attached hydrogens (tertiary/aromatic N) is 3. The molecule has 0 amide bonds. The molecule has 1 aromatic heterocycles. The smallest absolute Gasteiger partial charge is 0.229 e. The number of nitrogens with one attached hydrogen (secondary N) is 2. The second kappa shape index (κ2) is 7.20. The van der Waals surface area contributed by atoms with Crippen LogP contribution in [0, 0.1) is 25.2 Å². The summed E-state index contributed by atoms with van der Waals surface area (Å²) < 4.78 is 0. The Bertz CT molecular complexity index is 939. The molecule has 0 saturated heterocycles. The molecule has 2 aromatic carbocycles. The lowest BCUT2D eigenvalue weighted by Gasteiger charge is -2.12. The van der Waals surface area contributed by atoms with Gasteiger partial charge < -0.3 is 10.6 Å². The van der Waals surface area contributed by atoms with Gasteiger partial charge in [-0.1, -0.05) is 29.8 Å². The number of hydrogen-bond donors (Lipinski definition) is 2. The van der Waals surface area contributed by atoms with E-state index in [4.69, 9.17) is 11.6 Å². The highest BCUT2D eigenvalue weighted by Crippen LogP contribution is 2.29. The van der Waals surface area contributed by atoms with Crippen LogP contribution in [-0.4, -0.2) is 9.97 Å². The Hall–Kier alpha value is -3.10. The number of aromatic nitrogens is 2. The Morgan fingerprint density at radius 1 is 1.08 bits per heavy atom. The van der Waals surface area contributed by atoms with Crippen molar-refractivity contribution in [2.24, 2.45) is 0 Å². The summed E-state index contributed by atoms with van der Waals surface area (Å²) in [6.07, 6.45) is 1.64. The molecule has 25 heavy (non-hydrogen) atoms. The van der Waals surface area contributed by atoms with Gasteiger partial charge >= 0.3 is 0 Å². The lowest BCUT2D eigenvalue weighted by atomic mass is 10.1. The number of benzene rings is 2. The van der Waals surface area contributed by atoms with Gasteiger partial charge in [-0.05, 0) is 49.2 Å². The van der Waals surface area contributed by atoms with Gasteiger partial charge in [0.2, 0.25) is 5.95 Å². The first-order valence-corrected chi connectivity index (χ1v) is 8.07. The van der Waals surface area contributed by atoms with Gasteiger partial charge in [0.15, 0.2) is 0 Å². The van der Waals surface area contributed by atoms with Crippen molar-refractivity contribution in [1.29, 1.82) is 5.26 Å². The minimum atomic E-state index is 0.424. The Morgan fingerprint density at radius 3 is 2.64 bits per heavy atom. The van der Waals surface area contributed by atoms with Gasteiger partial charge in [0.05, 0.1) is 22.0 Å². The highest BCUT2D eigenvalue weighted by Gasteiger charge is 2.08. The van der Waals surface area contributed by atoms with E-state index in [9.17, 15) is 5.26 Å². The predicted molar refractivity (Wildman–Crippen MR) is 101 cm³/mol. The maximum Gasteiger partial charge on any atom is 0.229 e. The highest BCUT2D eigenvalue weighted by atomic mass is 35.5. The first-order chi connectivity index (χ1) is 12.1. The van der Waals surface area contributed by atoms with Crippen LogP contribution in [0.25, 0.3) is 0 Å². The van der Waals surface area contributed by atoms with Crippen LogP contribution in [-0.2, 0) is 0 Å². The van der Waals surface area contributed by atoms with Crippen LogP contribution in [0.2, 0.25) is 5.02 Å². The van der Waals surface area contributed by atoms with Crippen molar-refractivity contribution >= 4 is 34.7 Å². The van der Waals surface area contributed by atoms with Crippen LogP contribution in [0.3, 0.4) is 0 Å². The molecule has 2 N–H and O–H groups in total. The third-order valence-corrected chi connectivity index (χ3v) is 3.93. The normalized spacial score (nSPS) is 10.2. The monoisotopic (exact) mass is 349 g/mol. The Morgan fingerprint density at radius 2 is 1.88 bits per heavy atom. The number of halogens is 1. The van der Waals surface area contributed by atoms with E-state index in [0.29, 0.717) is 28.0 Å². The summed E-state index contributed by atoms with van der Waals surface area (Å²) >= 11 is 6.32. The molecular formula is C19H16ClN5. The lowest BCUT2D eigenvalue weighted by Crippen LogP contribution is -2.02. The van der Waals surface area contributed by atoms with Crippen LogP contribution < -0.4 is 10.6 Å². The van der Waals surface area contributed by atoms with Crippen molar-refractivity contribution in [3.05, 3.63) is 70.4 Å². The van der Waals surface area contributed by atoms with Crippen molar-refractivity contribution in [2.75, 3.05) is 10.6 Å². The van der Waals surface area contributed by atoms with E-state index in [1.807, 2.05) is 44.2 Å². The molecule has 0 aliphatic rings. The molecule has 1 heterocycles. The fraction of sp³-hybridized carbons (Fsp3) is 0.105. The van der Waals surface area contributed by atoms with Crippen LogP contribution in [0.5, 0.6) is 0 Å².